The van der Waals surface area contributed by atoms with Crippen molar-refractivity contribution in [2.24, 2.45) is 0 Å². The molecule has 0 bridgehead atoms. The van der Waals surface area contributed by atoms with E-state index in [1.807, 2.05) is 0 Å². The van der Waals surface area contributed by atoms with Crippen molar-refractivity contribution in [2.45, 2.75) is 12.5 Å². The van der Waals surface area contributed by atoms with Gasteiger partial charge in [0.1, 0.15) is 29.2 Å². The van der Waals surface area contributed by atoms with Gasteiger partial charge in [-0.3, -0.25) is 0 Å². The molecule has 1 aliphatic rings. The summed E-state index contributed by atoms with van der Waals surface area (Å²) in [5.74, 6) is 1.21. The predicted octanol–water partition coefficient (Wildman–Crippen LogP) is 3.07. The van der Waals surface area contributed by atoms with Gasteiger partial charge in [-0.1, -0.05) is 12.1 Å². The third-order valence-corrected chi connectivity index (χ3v) is 6.42. The minimum Gasteiger partial charge on any atom is -0.381 e. The van der Waals surface area contributed by atoms with Gasteiger partial charge in [0.15, 0.2) is 0 Å². The van der Waals surface area contributed by atoms with Crippen molar-refractivity contribution in [1.29, 1.82) is 0 Å². The van der Waals surface area contributed by atoms with Gasteiger partial charge in [-0.2, -0.15) is 0 Å². The van der Waals surface area contributed by atoms with E-state index in [1.54, 1.807) is 37.8 Å². The zero-order valence-corrected chi connectivity index (χ0v) is 19.5. The summed E-state index contributed by atoms with van der Waals surface area (Å²) in [4.78, 5) is 25.4. The van der Waals surface area contributed by atoms with E-state index in [-0.39, 0.29) is 5.82 Å². The number of nitrogens with zero attached hydrogens (tertiary/aromatic N) is 6. The summed E-state index contributed by atoms with van der Waals surface area (Å²) in [6.45, 7) is 4.72. The minimum absolute atomic E-state index is 0.343. The summed E-state index contributed by atoms with van der Waals surface area (Å²) in [5, 5.41) is 12.0. The molecular weight excluding hydrogens is 524 g/mol. The van der Waals surface area contributed by atoms with Crippen LogP contribution in [0.3, 0.4) is 0 Å². The van der Waals surface area contributed by atoms with E-state index < -0.39 is 5.60 Å². The monoisotopic (exact) mass is 545 g/mol. The summed E-state index contributed by atoms with van der Waals surface area (Å²) < 4.78 is 14.3. The lowest BCUT2D eigenvalue weighted by Crippen LogP contribution is -2.47. The summed E-state index contributed by atoms with van der Waals surface area (Å²) in [6.07, 6.45) is 4.85. The molecule has 1 aromatic carbocycles. The summed E-state index contributed by atoms with van der Waals surface area (Å²) >= 11 is 2.24. The van der Waals surface area contributed by atoms with Crippen LogP contribution >= 0.6 is 22.6 Å². The highest BCUT2D eigenvalue weighted by Crippen LogP contribution is 2.29. The second-order valence-corrected chi connectivity index (χ2v) is 9.06. The summed E-state index contributed by atoms with van der Waals surface area (Å²) in [6, 6.07) is 7.86. The standard InChI is InChI=1S/C22H21FIN7O/c1-22(32,14-2-4-16(23)5-3-14)15-11-25-21(26-12-15)31-8-6-30(7-9-31)20-17-10-18(24)29-19(17)27-13-28-20/h2-5,10-13,32H,6-9H2,1H3,(H,27,28,29)/t22-/m0/s1. The van der Waals surface area contributed by atoms with Crippen molar-refractivity contribution in [3.8, 4) is 0 Å². The SMILES string of the molecule is C[C@](O)(c1ccc(F)cc1)c1cnc(N2CCN(c3ncnc4[nH]c(I)cc34)CC2)nc1. The van der Waals surface area contributed by atoms with Gasteiger partial charge in [-0.05, 0) is 53.3 Å². The molecule has 0 spiro atoms. The van der Waals surface area contributed by atoms with Crippen molar-refractivity contribution >= 4 is 45.4 Å². The maximum Gasteiger partial charge on any atom is 0.225 e. The molecule has 1 fully saturated rings. The van der Waals surface area contributed by atoms with Crippen LogP contribution in [-0.4, -0.2) is 56.2 Å². The Balaban J connectivity index is 1.29. The third kappa shape index (κ3) is 3.88. The molecule has 0 saturated carbocycles. The molecule has 8 nitrogen and oxygen atoms in total. The Kier molecular flexibility index (Phi) is 5.41. The maximum absolute atomic E-state index is 13.2. The van der Waals surface area contributed by atoms with Gasteiger partial charge in [-0.15, -0.1) is 0 Å². The zero-order valence-electron chi connectivity index (χ0n) is 17.3. The Labute approximate surface area is 197 Å². The Hall–Kier alpha value is -2.86. The summed E-state index contributed by atoms with van der Waals surface area (Å²) in [7, 11) is 0. The minimum atomic E-state index is -1.31. The van der Waals surface area contributed by atoms with E-state index in [4.69, 9.17) is 0 Å². The Morgan fingerprint density at radius 1 is 0.969 bits per heavy atom. The Morgan fingerprint density at radius 2 is 1.62 bits per heavy atom. The second-order valence-electron chi connectivity index (χ2n) is 7.90. The van der Waals surface area contributed by atoms with Crippen LogP contribution in [0.4, 0.5) is 16.2 Å². The number of rotatable bonds is 4. The normalized spacial score (nSPS) is 16.4. The van der Waals surface area contributed by atoms with Gasteiger partial charge in [0.2, 0.25) is 5.95 Å². The van der Waals surface area contributed by atoms with Gasteiger partial charge >= 0.3 is 0 Å². The lowest BCUT2D eigenvalue weighted by Gasteiger charge is -2.35. The summed E-state index contributed by atoms with van der Waals surface area (Å²) in [5.41, 5.74) is 0.669. The van der Waals surface area contributed by atoms with Crippen molar-refractivity contribution in [1.82, 2.24) is 24.9 Å². The van der Waals surface area contributed by atoms with E-state index in [2.05, 4.69) is 63.4 Å². The highest BCUT2D eigenvalue weighted by molar-refractivity contribution is 14.1. The van der Waals surface area contributed by atoms with Crippen LogP contribution in [0.25, 0.3) is 11.0 Å². The third-order valence-electron chi connectivity index (χ3n) is 5.84. The number of hydrogen-bond acceptors (Lipinski definition) is 7. The number of H-pyrrole nitrogens is 1. The number of anilines is 2. The van der Waals surface area contributed by atoms with Crippen molar-refractivity contribution < 1.29 is 9.50 Å². The fraction of sp³-hybridized carbons (Fsp3) is 0.273. The molecule has 1 aliphatic heterocycles. The van der Waals surface area contributed by atoms with E-state index in [9.17, 15) is 9.50 Å². The highest BCUT2D eigenvalue weighted by Gasteiger charge is 2.28. The molecule has 3 aromatic heterocycles. The quantitative estimate of drug-likeness (QED) is 0.381. The average molecular weight is 545 g/mol. The van der Waals surface area contributed by atoms with E-state index in [0.717, 1.165) is 46.7 Å². The Morgan fingerprint density at radius 3 is 2.31 bits per heavy atom. The number of halogens is 2. The number of hydrogen-bond donors (Lipinski definition) is 2. The molecule has 32 heavy (non-hydrogen) atoms. The number of nitrogens with one attached hydrogen (secondary N) is 1. The van der Waals surface area contributed by atoms with Crippen molar-refractivity contribution in [3.05, 3.63) is 69.7 Å². The number of fused-ring (bicyclic) bond motifs is 1. The first-order chi connectivity index (χ1) is 15.4. The fourth-order valence-electron chi connectivity index (χ4n) is 3.94. The molecule has 0 aliphatic carbocycles. The molecule has 0 amide bonds. The van der Waals surface area contributed by atoms with Crippen LogP contribution in [-0.2, 0) is 5.60 Å². The maximum atomic E-state index is 13.2. The number of aromatic amines is 1. The smallest absolute Gasteiger partial charge is 0.225 e. The molecule has 4 aromatic rings. The lowest BCUT2D eigenvalue weighted by molar-refractivity contribution is 0.101. The van der Waals surface area contributed by atoms with Crippen LogP contribution in [0.2, 0.25) is 0 Å². The van der Waals surface area contributed by atoms with Crippen LogP contribution in [0.15, 0.2) is 49.1 Å². The molecule has 4 heterocycles. The van der Waals surface area contributed by atoms with Gasteiger partial charge in [0.05, 0.1) is 9.09 Å². The van der Waals surface area contributed by atoms with E-state index in [1.165, 1.54) is 12.1 Å². The lowest BCUT2D eigenvalue weighted by atomic mass is 9.90. The van der Waals surface area contributed by atoms with Crippen LogP contribution in [0.5, 0.6) is 0 Å². The fourth-order valence-corrected chi connectivity index (χ4v) is 4.51. The van der Waals surface area contributed by atoms with Crippen molar-refractivity contribution in [2.75, 3.05) is 36.0 Å². The van der Waals surface area contributed by atoms with Crippen LogP contribution in [0.1, 0.15) is 18.1 Å². The Bertz CT molecular complexity index is 1240. The van der Waals surface area contributed by atoms with E-state index in [0.29, 0.717) is 17.1 Å². The van der Waals surface area contributed by atoms with Gasteiger partial charge in [-0.25, -0.2) is 24.3 Å². The highest BCUT2D eigenvalue weighted by atomic mass is 127. The molecule has 0 unspecified atom stereocenters. The zero-order chi connectivity index (χ0) is 22.3. The molecule has 164 valence electrons. The predicted molar refractivity (Wildman–Crippen MR) is 128 cm³/mol. The molecule has 1 saturated heterocycles. The van der Waals surface area contributed by atoms with Crippen LogP contribution in [0, 0.1) is 9.52 Å². The first-order valence-corrected chi connectivity index (χ1v) is 11.3. The molecule has 1 atom stereocenters. The number of benzene rings is 1. The van der Waals surface area contributed by atoms with Crippen molar-refractivity contribution in [3.63, 3.8) is 0 Å². The first-order valence-electron chi connectivity index (χ1n) is 10.2. The van der Waals surface area contributed by atoms with Gasteiger partial charge < -0.3 is 19.9 Å². The second kappa shape index (κ2) is 8.24. The van der Waals surface area contributed by atoms with Gasteiger partial charge in [0, 0.05) is 44.1 Å². The largest absolute Gasteiger partial charge is 0.381 e. The topological polar surface area (TPSA) is 94.1 Å². The molecule has 0 radical (unpaired) electrons. The number of piperazine rings is 1. The van der Waals surface area contributed by atoms with Gasteiger partial charge in [0.25, 0.3) is 0 Å². The number of aliphatic hydroxyl groups is 1. The van der Waals surface area contributed by atoms with Crippen LogP contribution < -0.4 is 9.80 Å². The molecule has 2 N–H and O–H groups in total. The first kappa shape index (κ1) is 21.0. The number of aromatic nitrogens is 5. The molecule has 10 heteroatoms. The van der Waals surface area contributed by atoms with E-state index >= 15 is 0 Å². The molecule has 5 rings (SSSR count). The average Bonchev–Trinajstić information content (AvgIpc) is 3.20. The molecular formula is C22H21FIN7O.